The van der Waals surface area contributed by atoms with Crippen molar-refractivity contribution in [1.29, 1.82) is 0 Å². The van der Waals surface area contributed by atoms with Crippen molar-refractivity contribution in [2.24, 2.45) is 0 Å². The molecule has 2 unspecified atom stereocenters. The Kier molecular flexibility index (Phi) is 5.41. The minimum atomic E-state index is -0.495. The van der Waals surface area contributed by atoms with Gasteiger partial charge in [-0.1, -0.05) is 30.1 Å². The highest BCUT2D eigenvalue weighted by Crippen LogP contribution is 2.38. The van der Waals surface area contributed by atoms with E-state index in [1.807, 2.05) is 11.8 Å². The number of halogens is 2. The molecule has 1 aliphatic rings. The van der Waals surface area contributed by atoms with Gasteiger partial charge >= 0.3 is 0 Å². The monoisotopic (exact) mass is 334 g/mol. The van der Waals surface area contributed by atoms with Crippen molar-refractivity contribution in [1.82, 2.24) is 0 Å². The number of nitro groups is 1. The lowest BCUT2D eigenvalue weighted by molar-refractivity contribution is -0.384. The Labute approximate surface area is 132 Å². The molecule has 2 atom stereocenters. The van der Waals surface area contributed by atoms with Crippen LogP contribution < -0.4 is 5.32 Å². The van der Waals surface area contributed by atoms with Crippen molar-refractivity contribution in [2.45, 2.75) is 37.5 Å². The number of thioether (sulfide) groups is 1. The first kappa shape index (κ1) is 15.7. The minimum absolute atomic E-state index is 0.0867. The van der Waals surface area contributed by atoms with Crippen LogP contribution in [-0.2, 0) is 0 Å². The molecule has 1 saturated carbocycles. The Morgan fingerprint density at radius 3 is 2.60 bits per heavy atom. The highest BCUT2D eigenvalue weighted by molar-refractivity contribution is 7.99. The molecule has 7 heteroatoms. The van der Waals surface area contributed by atoms with Crippen molar-refractivity contribution in [3.63, 3.8) is 0 Å². The fourth-order valence-corrected chi connectivity index (χ4v) is 4.19. The van der Waals surface area contributed by atoms with Gasteiger partial charge in [0.15, 0.2) is 0 Å². The van der Waals surface area contributed by atoms with Crippen LogP contribution >= 0.6 is 35.0 Å². The SMILES string of the molecule is CCSC1CCC(Nc2c(Cl)cc([N+](=O)[O-])cc2Cl)C1. The normalized spacial score (nSPS) is 21.9. The Balaban J connectivity index is 2.09. The first-order valence-electron chi connectivity index (χ1n) is 6.52. The second-order valence-corrected chi connectivity index (χ2v) is 7.16. The quantitative estimate of drug-likeness (QED) is 0.608. The largest absolute Gasteiger partial charge is 0.380 e. The van der Waals surface area contributed by atoms with Crippen LogP contribution in [0.15, 0.2) is 12.1 Å². The number of nitrogens with one attached hydrogen (secondary N) is 1. The van der Waals surface area contributed by atoms with E-state index in [-0.39, 0.29) is 5.69 Å². The summed E-state index contributed by atoms with van der Waals surface area (Å²) in [6, 6.07) is 3.00. The molecule has 0 aromatic heterocycles. The fourth-order valence-electron chi connectivity index (χ4n) is 2.47. The summed E-state index contributed by atoms with van der Waals surface area (Å²) in [6.45, 7) is 2.16. The molecule has 4 nitrogen and oxygen atoms in total. The summed E-state index contributed by atoms with van der Waals surface area (Å²) in [5.41, 5.74) is 0.516. The standard InChI is InChI=1S/C13H16Cl2N2O2S/c1-2-20-10-4-3-8(5-10)16-13-11(14)6-9(17(18)19)7-12(13)15/h6-8,10,16H,2-5H2,1H3. The third-order valence-electron chi connectivity index (χ3n) is 3.37. The summed E-state index contributed by atoms with van der Waals surface area (Å²) in [4.78, 5) is 10.2. The first-order valence-corrected chi connectivity index (χ1v) is 8.33. The Hall–Kier alpha value is -0.650. The molecule has 20 heavy (non-hydrogen) atoms. The maximum Gasteiger partial charge on any atom is 0.272 e. The molecule has 1 aromatic carbocycles. The summed E-state index contributed by atoms with van der Waals surface area (Å²) in [7, 11) is 0. The van der Waals surface area contributed by atoms with Gasteiger partial charge in [0.2, 0.25) is 0 Å². The van der Waals surface area contributed by atoms with Crippen LogP contribution in [0.3, 0.4) is 0 Å². The zero-order chi connectivity index (χ0) is 14.7. The van der Waals surface area contributed by atoms with Crippen LogP contribution in [-0.4, -0.2) is 22.0 Å². The second-order valence-electron chi connectivity index (χ2n) is 4.77. The summed E-state index contributed by atoms with van der Waals surface area (Å²) in [5, 5.41) is 15.4. The van der Waals surface area contributed by atoms with Crippen LogP contribution in [0.25, 0.3) is 0 Å². The average Bonchev–Trinajstić information content (AvgIpc) is 2.81. The van der Waals surface area contributed by atoms with Crippen molar-refractivity contribution in [3.05, 3.63) is 32.3 Å². The molecule has 0 saturated heterocycles. The van der Waals surface area contributed by atoms with Gasteiger partial charge in [-0.2, -0.15) is 11.8 Å². The van der Waals surface area contributed by atoms with Crippen molar-refractivity contribution >= 4 is 46.3 Å². The highest BCUT2D eigenvalue weighted by Gasteiger charge is 2.26. The third-order valence-corrected chi connectivity index (χ3v) is 5.20. The first-order chi connectivity index (χ1) is 9.51. The van der Waals surface area contributed by atoms with E-state index in [4.69, 9.17) is 23.2 Å². The third kappa shape index (κ3) is 3.71. The molecule has 1 aliphatic carbocycles. The molecule has 0 spiro atoms. The van der Waals surface area contributed by atoms with Gasteiger partial charge in [0.1, 0.15) is 0 Å². The number of nitro benzene ring substituents is 1. The zero-order valence-corrected chi connectivity index (χ0v) is 13.4. The predicted octanol–water partition coefficient (Wildman–Crippen LogP) is 4.99. The van der Waals surface area contributed by atoms with Gasteiger partial charge < -0.3 is 5.32 Å². The van der Waals surface area contributed by atoms with E-state index in [9.17, 15) is 10.1 Å². The molecule has 1 aromatic rings. The molecule has 0 aliphatic heterocycles. The van der Waals surface area contributed by atoms with E-state index >= 15 is 0 Å². The molecule has 1 fully saturated rings. The fraction of sp³-hybridized carbons (Fsp3) is 0.538. The minimum Gasteiger partial charge on any atom is -0.380 e. The van der Waals surface area contributed by atoms with Gasteiger partial charge in [-0.3, -0.25) is 10.1 Å². The number of nitrogens with zero attached hydrogens (tertiary/aromatic N) is 1. The number of benzene rings is 1. The molecule has 2 rings (SSSR count). The highest BCUT2D eigenvalue weighted by atomic mass is 35.5. The lowest BCUT2D eigenvalue weighted by Crippen LogP contribution is -2.16. The van der Waals surface area contributed by atoms with Crippen LogP contribution in [0.4, 0.5) is 11.4 Å². The van der Waals surface area contributed by atoms with Gasteiger partial charge in [-0.05, 0) is 25.0 Å². The van der Waals surface area contributed by atoms with Gasteiger partial charge in [0.25, 0.3) is 5.69 Å². The summed E-state index contributed by atoms with van der Waals surface area (Å²) < 4.78 is 0. The molecule has 110 valence electrons. The number of hydrogen-bond donors (Lipinski definition) is 1. The predicted molar refractivity (Wildman–Crippen MR) is 86.3 cm³/mol. The van der Waals surface area contributed by atoms with Crippen molar-refractivity contribution < 1.29 is 4.92 Å². The van der Waals surface area contributed by atoms with Gasteiger partial charge in [-0.15, -0.1) is 0 Å². The molecule has 0 radical (unpaired) electrons. The maximum atomic E-state index is 10.7. The van der Waals surface area contributed by atoms with Crippen molar-refractivity contribution in [2.75, 3.05) is 11.1 Å². The van der Waals surface area contributed by atoms with E-state index in [0.717, 1.165) is 18.6 Å². The van der Waals surface area contributed by atoms with E-state index in [1.54, 1.807) is 0 Å². The molecule has 1 N–H and O–H groups in total. The zero-order valence-electron chi connectivity index (χ0n) is 11.1. The molecule has 0 amide bonds. The lowest BCUT2D eigenvalue weighted by Gasteiger charge is -2.17. The topological polar surface area (TPSA) is 55.2 Å². The molecular weight excluding hydrogens is 319 g/mol. The Morgan fingerprint density at radius 1 is 1.40 bits per heavy atom. The molecule has 0 heterocycles. The van der Waals surface area contributed by atoms with Gasteiger partial charge in [0, 0.05) is 23.4 Å². The molecular formula is C13H16Cl2N2O2S. The number of hydrogen-bond acceptors (Lipinski definition) is 4. The smallest absolute Gasteiger partial charge is 0.272 e. The van der Waals surface area contributed by atoms with Gasteiger partial charge in [-0.25, -0.2) is 0 Å². The van der Waals surface area contributed by atoms with Crippen LogP contribution in [0.1, 0.15) is 26.2 Å². The van der Waals surface area contributed by atoms with E-state index in [2.05, 4.69) is 12.2 Å². The van der Waals surface area contributed by atoms with Crippen molar-refractivity contribution in [3.8, 4) is 0 Å². The lowest BCUT2D eigenvalue weighted by atomic mass is 10.2. The van der Waals surface area contributed by atoms with E-state index in [0.29, 0.717) is 27.0 Å². The number of non-ortho nitro benzene ring substituents is 1. The number of anilines is 1. The Morgan fingerprint density at radius 2 is 2.05 bits per heavy atom. The van der Waals surface area contributed by atoms with Crippen LogP contribution in [0, 0.1) is 10.1 Å². The Bertz CT molecular complexity index is 490. The summed E-state index contributed by atoms with van der Waals surface area (Å²) in [6.07, 6.45) is 3.32. The maximum absolute atomic E-state index is 10.7. The van der Waals surface area contributed by atoms with Gasteiger partial charge in [0.05, 0.1) is 20.7 Å². The summed E-state index contributed by atoms with van der Waals surface area (Å²) in [5.74, 6) is 1.12. The second kappa shape index (κ2) is 6.87. The van der Waals surface area contributed by atoms with Crippen LogP contribution in [0.5, 0.6) is 0 Å². The van der Waals surface area contributed by atoms with E-state index in [1.165, 1.54) is 18.6 Å². The molecule has 0 bridgehead atoms. The summed E-state index contributed by atoms with van der Waals surface area (Å²) >= 11 is 14.2. The van der Waals surface area contributed by atoms with Crippen LogP contribution in [0.2, 0.25) is 10.0 Å². The average molecular weight is 335 g/mol. The van der Waals surface area contributed by atoms with E-state index < -0.39 is 4.92 Å². The number of rotatable bonds is 5.